The average Bonchev–Trinajstić information content (AvgIpc) is 3.68. The standard InChI is InChI=1S/C50H34N2S2/c1-50(2)40-28-34(21-23-36(40)38-24-26-46-49(48(38)50)54-45-20-12-11-19-44(45)53-46)33-22-25-43-39(27-33)37-17-9-10-18-42(37)52(43)47-30-35(31-13-5-3-6-14-31)29-41(51-47)32-15-7-4-8-16-32/h3-30H,1-2H3. The van der Waals surface area contributed by atoms with Crippen LogP contribution in [0.1, 0.15) is 25.0 Å². The van der Waals surface area contributed by atoms with Crippen LogP contribution in [-0.4, -0.2) is 9.55 Å². The Bertz CT molecular complexity index is 2900. The van der Waals surface area contributed by atoms with Crippen LogP contribution in [0.25, 0.3) is 72.3 Å². The minimum Gasteiger partial charge on any atom is -0.294 e. The lowest BCUT2D eigenvalue weighted by molar-refractivity contribution is 0.642. The van der Waals surface area contributed by atoms with E-state index >= 15 is 0 Å². The second-order valence-corrected chi connectivity index (χ2v) is 16.9. The molecular weight excluding hydrogens is 693 g/mol. The van der Waals surface area contributed by atoms with E-state index in [2.05, 4.69) is 188 Å². The molecule has 0 saturated carbocycles. The number of rotatable bonds is 4. The highest BCUT2D eigenvalue weighted by Crippen LogP contribution is 2.59. The smallest absolute Gasteiger partial charge is 0.138 e. The number of aromatic nitrogens is 2. The summed E-state index contributed by atoms with van der Waals surface area (Å²) < 4.78 is 2.34. The predicted octanol–water partition coefficient (Wildman–Crippen LogP) is 14.1. The molecule has 256 valence electrons. The first-order valence-electron chi connectivity index (χ1n) is 18.5. The molecule has 9 aromatic rings. The van der Waals surface area contributed by atoms with Crippen LogP contribution >= 0.6 is 23.5 Å². The van der Waals surface area contributed by atoms with Crippen LogP contribution in [-0.2, 0) is 5.41 Å². The molecule has 0 N–H and O–H groups in total. The summed E-state index contributed by atoms with van der Waals surface area (Å²) in [6.07, 6.45) is 0. The van der Waals surface area contributed by atoms with Crippen molar-refractivity contribution in [3.8, 4) is 50.5 Å². The first kappa shape index (κ1) is 31.7. The molecule has 11 rings (SSSR count). The van der Waals surface area contributed by atoms with Crippen LogP contribution < -0.4 is 0 Å². The summed E-state index contributed by atoms with van der Waals surface area (Å²) in [6, 6.07) is 61.9. The zero-order valence-electron chi connectivity index (χ0n) is 29.9. The molecule has 0 amide bonds. The van der Waals surface area contributed by atoms with Gasteiger partial charge in [-0.2, -0.15) is 0 Å². The molecule has 2 aromatic heterocycles. The number of hydrogen-bond acceptors (Lipinski definition) is 3. The number of nitrogens with zero attached hydrogens (tertiary/aromatic N) is 2. The van der Waals surface area contributed by atoms with Gasteiger partial charge in [-0.15, -0.1) is 0 Å². The molecule has 0 saturated heterocycles. The molecule has 0 radical (unpaired) electrons. The van der Waals surface area contributed by atoms with Crippen LogP contribution in [0.3, 0.4) is 0 Å². The normalized spacial score (nSPS) is 13.7. The van der Waals surface area contributed by atoms with Gasteiger partial charge in [-0.05, 0) is 99.1 Å². The van der Waals surface area contributed by atoms with E-state index in [0.29, 0.717) is 0 Å². The SMILES string of the molecule is CC1(C)c2cc(-c3ccc4c(c3)c3ccccc3n4-c3cc(-c4ccccc4)cc(-c4ccccc4)n3)ccc2-c2ccc3c(c21)Sc1ccccc1S3. The Morgan fingerprint density at radius 1 is 0.463 bits per heavy atom. The van der Waals surface area contributed by atoms with Gasteiger partial charge in [0.15, 0.2) is 0 Å². The third kappa shape index (κ3) is 4.87. The van der Waals surface area contributed by atoms with E-state index in [9.17, 15) is 0 Å². The fraction of sp³-hybridized carbons (Fsp3) is 0.0600. The van der Waals surface area contributed by atoms with Crippen LogP contribution in [0.5, 0.6) is 0 Å². The zero-order valence-corrected chi connectivity index (χ0v) is 31.5. The molecule has 2 aliphatic rings. The molecule has 0 spiro atoms. The maximum atomic E-state index is 5.33. The van der Waals surface area contributed by atoms with E-state index in [1.165, 1.54) is 69.3 Å². The molecule has 2 nitrogen and oxygen atoms in total. The quantitative estimate of drug-likeness (QED) is 0.180. The van der Waals surface area contributed by atoms with Crippen molar-refractivity contribution < 1.29 is 0 Å². The van der Waals surface area contributed by atoms with Gasteiger partial charge in [0.2, 0.25) is 0 Å². The number of para-hydroxylation sites is 1. The van der Waals surface area contributed by atoms with Crippen molar-refractivity contribution in [2.24, 2.45) is 0 Å². The molecule has 4 heteroatoms. The maximum Gasteiger partial charge on any atom is 0.138 e. The Morgan fingerprint density at radius 2 is 1.11 bits per heavy atom. The van der Waals surface area contributed by atoms with E-state index < -0.39 is 0 Å². The number of fused-ring (bicyclic) bond motifs is 9. The van der Waals surface area contributed by atoms with Crippen LogP contribution in [0.4, 0.5) is 0 Å². The first-order valence-corrected chi connectivity index (χ1v) is 20.1. The fourth-order valence-electron chi connectivity index (χ4n) is 8.63. The molecule has 1 aliphatic heterocycles. The van der Waals surface area contributed by atoms with Crippen molar-refractivity contribution in [3.05, 3.63) is 181 Å². The van der Waals surface area contributed by atoms with Crippen molar-refractivity contribution in [2.45, 2.75) is 38.8 Å². The van der Waals surface area contributed by atoms with Gasteiger partial charge in [-0.3, -0.25) is 4.57 Å². The predicted molar refractivity (Wildman–Crippen MR) is 227 cm³/mol. The Hall–Kier alpha value is -5.81. The molecule has 0 fully saturated rings. The Kier molecular flexibility index (Phi) is 7.11. The highest BCUT2D eigenvalue weighted by molar-refractivity contribution is 8.05. The molecule has 0 unspecified atom stereocenters. The minimum atomic E-state index is -0.127. The molecular formula is C50H34N2S2. The zero-order chi connectivity index (χ0) is 36.0. The second-order valence-electron chi connectivity index (χ2n) is 14.8. The van der Waals surface area contributed by atoms with E-state index in [0.717, 1.165) is 33.7 Å². The molecule has 0 atom stereocenters. The van der Waals surface area contributed by atoms with Gasteiger partial charge < -0.3 is 0 Å². The summed E-state index contributed by atoms with van der Waals surface area (Å²) in [6.45, 7) is 4.81. The fourth-order valence-corrected chi connectivity index (χ4v) is 11.2. The summed E-state index contributed by atoms with van der Waals surface area (Å²) >= 11 is 3.84. The van der Waals surface area contributed by atoms with Crippen molar-refractivity contribution in [2.75, 3.05) is 0 Å². The van der Waals surface area contributed by atoms with Gasteiger partial charge in [0.1, 0.15) is 5.82 Å². The van der Waals surface area contributed by atoms with E-state index in [4.69, 9.17) is 4.98 Å². The molecule has 3 heterocycles. The monoisotopic (exact) mass is 726 g/mol. The summed E-state index contributed by atoms with van der Waals surface area (Å²) in [5.41, 5.74) is 14.6. The lowest BCUT2D eigenvalue weighted by atomic mass is 9.81. The Morgan fingerprint density at radius 3 is 1.93 bits per heavy atom. The second kappa shape index (κ2) is 12.1. The van der Waals surface area contributed by atoms with Crippen molar-refractivity contribution >= 4 is 45.3 Å². The summed E-state index contributed by atoms with van der Waals surface area (Å²) in [5, 5.41) is 2.44. The third-order valence-corrected chi connectivity index (χ3v) is 13.8. The number of hydrogen-bond donors (Lipinski definition) is 0. The van der Waals surface area contributed by atoms with Gasteiger partial charge in [-0.1, -0.05) is 153 Å². The van der Waals surface area contributed by atoms with Gasteiger partial charge in [0.25, 0.3) is 0 Å². The van der Waals surface area contributed by atoms with Crippen molar-refractivity contribution in [3.63, 3.8) is 0 Å². The van der Waals surface area contributed by atoms with Gasteiger partial charge in [0, 0.05) is 41.3 Å². The molecule has 0 bridgehead atoms. The van der Waals surface area contributed by atoms with E-state index in [1.807, 2.05) is 23.5 Å². The lowest BCUT2D eigenvalue weighted by Gasteiger charge is -2.28. The highest BCUT2D eigenvalue weighted by Gasteiger charge is 2.39. The summed E-state index contributed by atoms with van der Waals surface area (Å²) in [7, 11) is 0. The summed E-state index contributed by atoms with van der Waals surface area (Å²) in [4.78, 5) is 10.8. The third-order valence-electron chi connectivity index (χ3n) is 11.2. The summed E-state index contributed by atoms with van der Waals surface area (Å²) in [5.74, 6) is 0.910. The Labute approximate surface area is 323 Å². The highest BCUT2D eigenvalue weighted by atomic mass is 32.2. The molecule has 7 aromatic carbocycles. The van der Waals surface area contributed by atoms with Gasteiger partial charge >= 0.3 is 0 Å². The van der Waals surface area contributed by atoms with E-state index in [1.54, 1.807) is 0 Å². The minimum absolute atomic E-state index is 0.127. The van der Waals surface area contributed by atoms with Crippen LogP contribution in [0.2, 0.25) is 0 Å². The molecule has 1 aliphatic carbocycles. The van der Waals surface area contributed by atoms with Crippen molar-refractivity contribution in [1.82, 2.24) is 9.55 Å². The topological polar surface area (TPSA) is 17.8 Å². The first-order chi connectivity index (χ1) is 26.5. The van der Waals surface area contributed by atoms with Crippen LogP contribution in [0, 0.1) is 0 Å². The average molecular weight is 727 g/mol. The van der Waals surface area contributed by atoms with E-state index in [-0.39, 0.29) is 5.41 Å². The van der Waals surface area contributed by atoms with Crippen LogP contribution in [0.15, 0.2) is 189 Å². The number of pyridine rings is 1. The van der Waals surface area contributed by atoms with Crippen molar-refractivity contribution in [1.29, 1.82) is 0 Å². The number of benzene rings is 7. The van der Waals surface area contributed by atoms with Gasteiger partial charge in [0.05, 0.1) is 16.7 Å². The van der Waals surface area contributed by atoms with Gasteiger partial charge in [-0.25, -0.2) is 4.98 Å². The lowest BCUT2D eigenvalue weighted by Crippen LogP contribution is -2.17. The maximum absolute atomic E-state index is 5.33. The molecule has 54 heavy (non-hydrogen) atoms. The largest absolute Gasteiger partial charge is 0.294 e. The Balaban J connectivity index is 1.04.